The summed E-state index contributed by atoms with van der Waals surface area (Å²) in [5, 5.41) is 8.72. The summed E-state index contributed by atoms with van der Waals surface area (Å²) in [4.78, 5) is 3.19. The molecule has 0 unspecified atom stereocenters. The molecule has 2 aromatic carbocycles. The summed E-state index contributed by atoms with van der Waals surface area (Å²) >= 11 is 5.41. The standard InChI is InChI=1S/C16H13N3OS/c1-20-13-6-7-15-14(10-13)18-16(21)19(15)12-4-2-11(3-5-12)8-9-17/h2-7,10H,8H2,1H3,(H,18,21). The van der Waals surface area contributed by atoms with E-state index >= 15 is 0 Å². The van der Waals surface area contributed by atoms with Gasteiger partial charge in [0.1, 0.15) is 5.75 Å². The van der Waals surface area contributed by atoms with Crippen molar-refractivity contribution in [3.05, 3.63) is 52.8 Å². The summed E-state index contributed by atoms with van der Waals surface area (Å²) in [7, 11) is 1.64. The molecule has 21 heavy (non-hydrogen) atoms. The molecule has 3 rings (SSSR count). The largest absolute Gasteiger partial charge is 0.497 e. The third-order valence-electron chi connectivity index (χ3n) is 3.37. The number of nitrogens with one attached hydrogen (secondary N) is 1. The first kappa shape index (κ1) is 13.4. The molecule has 104 valence electrons. The van der Waals surface area contributed by atoms with E-state index < -0.39 is 0 Å². The van der Waals surface area contributed by atoms with Crippen LogP contribution in [0.3, 0.4) is 0 Å². The molecule has 0 aliphatic rings. The van der Waals surface area contributed by atoms with Gasteiger partial charge >= 0.3 is 0 Å². The maximum absolute atomic E-state index is 8.72. The molecular formula is C16H13N3OS. The number of aromatic nitrogens is 2. The third-order valence-corrected chi connectivity index (χ3v) is 3.65. The zero-order chi connectivity index (χ0) is 14.8. The Labute approximate surface area is 127 Å². The van der Waals surface area contributed by atoms with Crippen molar-refractivity contribution in [3.63, 3.8) is 0 Å². The summed E-state index contributed by atoms with van der Waals surface area (Å²) in [5.74, 6) is 0.787. The average Bonchev–Trinajstić information content (AvgIpc) is 2.83. The second-order valence-corrected chi connectivity index (χ2v) is 5.04. The van der Waals surface area contributed by atoms with Crippen LogP contribution in [0.15, 0.2) is 42.5 Å². The molecule has 4 nitrogen and oxygen atoms in total. The molecule has 0 aliphatic carbocycles. The highest BCUT2D eigenvalue weighted by atomic mass is 32.1. The molecule has 0 spiro atoms. The van der Waals surface area contributed by atoms with E-state index in [9.17, 15) is 0 Å². The highest BCUT2D eigenvalue weighted by Crippen LogP contribution is 2.23. The van der Waals surface area contributed by atoms with Gasteiger partial charge in [0, 0.05) is 11.8 Å². The summed E-state index contributed by atoms with van der Waals surface area (Å²) in [6.45, 7) is 0. The van der Waals surface area contributed by atoms with E-state index in [0.717, 1.165) is 28.0 Å². The van der Waals surface area contributed by atoms with Gasteiger partial charge in [-0.2, -0.15) is 5.26 Å². The second kappa shape index (κ2) is 5.43. The first-order valence-corrected chi connectivity index (χ1v) is 6.89. The number of hydrogen-bond acceptors (Lipinski definition) is 3. The molecule has 0 aliphatic heterocycles. The van der Waals surface area contributed by atoms with Gasteiger partial charge in [0.2, 0.25) is 0 Å². The van der Waals surface area contributed by atoms with E-state index in [1.165, 1.54) is 0 Å². The van der Waals surface area contributed by atoms with Crippen LogP contribution in [-0.2, 0) is 6.42 Å². The smallest absolute Gasteiger partial charge is 0.182 e. The lowest BCUT2D eigenvalue weighted by molar-refractivity contribution is 0.415. The Morgan fingerprint density at radius 1 is 1.24 bits per heavy atom. The first-order valence-electron chi connectivity index (χ1n) is 6.48. The van der Waals surface area contributed by atoms with Crippen LogP contribution in [0.1, 0.15) is 5.56 Å². The van der Waals surface area contributed by atoms with E-state index in [1.54, 1.807) is 7.11 Å². The fourth-order valence-corrected chi connectivity index (χ4v) is 2.64. The Bertz CT molecular complexity index is 885. The predicted octanol–water partition coefficient (Wildman–Crippen LogP) is 3.76. The Morgan fingerprint density at radius 2 is 2.00 bits per heavy atom. The molecule has 0 bridgehead atoms. The van der Waals surface area contributed by atoms with Gasteiger partial charge in [-0.25, -0.2) is 0 Å². The van der Waals surface area contributed by atoms with Crippen LogP contribution in [0.5, 0.6) is 5.75 Å². The van der Waals surface area contributed by atoms with E-state index in [1.807, 2.05) is 47.0 Å². The third kappa shape index (κ3) is 2.41. The first-order chi connectivity index (χ1) is 10.2. The van der Waals surface area contributed by atoms with Crippen molar-refractivity contribution in [1.29, 1.82) is 5.26 Å². The topological polar surface area (TPSA) is 53.7 Å². The molecular weight excluding hydrogens is 282 g/mol. The van der Waals surface area contributed by atoms with Gasteiger partial charge in [-0.05, 0) is 42.0 Å². The van der Waals surface area contributed by atoms with Crippen LogP contribution in [0.25, 0.3) is 16.7 Å². The molecule has 3 aromatic rings. The number of methoxy groups -OCH3 is 1. The molecule has 1 heterocycles. The number of ether oxygens (including phenoxy) is 1. The zero-order valence-electron chi connectivity index (χ0n) is 11.5. The Hall–Kier alpha value is -2.58. The quantitative estimate of drug-likeness (QED) is 0.748. The van der Waals surface area contributed by atoms with Gasteiger partial charge in [0.25, 0.3) is 0 Å². The number of imidazole rings is 1. The number of nitrogens with zero attached hydrogens (tertiary/aromatic N) is 2. The lowest BCUT2D eigenvalue weighted by atomic mass is 10.1. The fraction of sp³-hybridized carbons (Fsp3) is 0.125. The number of fused-ring (bicyclic) bond motifs is 1. The maximum atomic E-state index is 8.72. The zero-order valence-corrected chi connectivity index (χ0v) is 12.3. The second-order valence-electron chi connectivity index (χ2n) is 4.65. The lowest BCUT2D eigenvalue weighted by Gasteiger charge is -2.06. The lowest BCUT2D eigenvalue weighted by Crippen LogP contribution is -1.94. The summed E-state index contributed by atoms with van der Waals surface area (Å²) in [5.41, 5.74) is 3.89. The minimum absolute atomic E-state index is 0.413. The minimum atomic E-state index is 0.413. The molecule has 0 fully saturated rings. The average molecular weight is 295 g/mol. The van der Waals surface area contributed by atoms with E-state index in [4.69, 9.17) is 22.2 Å². The number of hydrogen-bond donors (Lipinski definition) is 1. The highest BCUT2D eigenvalue weighted by molar-refractivity contribution is 7.71. The van der Waals surface area contributed by atoms with Gasteiger partial charge in [0.05, 0.1) is 30.6 Å². The molecule has 0 amide bonds. The molecule has 0 atom stereocenters. The van der Waals surface area contributed by atoms with E-state index in [0.29, 0.717) is 11.2 Å². The number of H-pyrrole nitrogens is 1. The van der Waals surface area contributed by atoms with E-state index in [2.05, 4.69) is 11.1 Å². The van der Waals surface area contributed by atoms with Crippen LogP contribution in [0.4, 0.5) is 0 Å². The van der Waals surface area contributed by atoms with Crippen LogP contribution in [0, 0.1) is 16.1 Å². The van der Waals surface area contributed by atoms with Gasteiger partial charge in [-0.1, -0.05) is 12.1 Å². The SMILES string of the molecule is COc1ccc2c(c1)[nH]c(=S)n2-c1ccc(CC#N)cc1. The van der Waals surface area contributed by atoms with E-state index in [-0.39, 0.29) is 0 Å². The minimum Gasteiger partial charge on any atom is -0.497 e. The summed E-state index contributed by atoms with van der Waals surface area (Å²) in [6.07, 6.45) is 0.413. The number of benzene rings is 2. The van der Waals surface area contributed by atoms with Gasteiger partial charge in [-0.3, -0.25) is 4.57 Å². The molecule has 0 saturated carbocycles. The van der Waals surface area contributed by atoms with Crippen molar-refractivity contribution in [2.24, 2.45) is 0 Å². The van der Waals surface area contributed by atoms with Crippen molar-refractivity contribution >= 4 is 23.3 Å². The van der Waals surface area contributed by atoms with Crippen LogP contribution < -0.4 is 4.74 Å². The molecule has 1 aromatic heterocycles. The van der Waals surface area contributed by atoms with Crippen molar-refractivity contribution in [2.45, 2.75) is 6.42 Å². The molecule has 1 N–H and O–H groups in total. The number of rotatable bonds is 3. The van der Waals surface area contributed by atoms with Crippen molar-refractivity contribution in [3.8, 4) is 17.5 Å². The molecule has 0 saturated heterocycles. The van der Waals surface area contributed by atoms with Gasteiger partial charge in [0.15, 0.2) is 4.77 Å². The van der Waals surface area contributed by atoms with Gasteiger partial charge in [-0.15, -0.1) is 0 Å². The maximum Gasteiger partial charge on any atom is 0.182 e. The normalized spacial score (nSPS) is 10.5. The molecule has 5 heteroatoms. The summed E-state index contributed by atoms with van der Waals surface area (Å²) in [6, 6.07) is 15.8. The Balaban J connectivity index is 2.13. The molecule has 0 radical (unpaired) electrons. The Morgan fingerprint density at radius 3 is 2.67 bits per heavy atom. The van der Waals surface area contributed by atoms with Crippen molar-refractivity contribution in [1.82, 2.24) is 9.55 Å². The highest BCUT2D eigenvalue weighted by Gasteiger charge is 2.07. The van der Waals surface area contributed by atoms with Crippen molar-refractivity contribution in [2.75, 3.05) is 7.11 Å². The van der Waals surface area contributed by atoms with Crippen LogP contribution in [0.2, 0.25) is 0 Å². The van der Waals surface area contributed by atoms with Crippen LogP contribution >= 0.6 is 12.2 Å². The number of aromatic amines is 1. The van der Waals surface area contributed by atoms with Crippen LogP contribution in [-0.4, -0.2) is 16.7 Å². The Kier molecular flexibility index (Phi) is 3.46. The van der Waals surface area contributed by atoms with Gasteiger partial charge < -0.3 is 9.72 Å². The number of nitriles is 1. The van der Waals surface area contributed by atoms with Crippen molar-refractivity contribution < 1.29 is 4.74 Å². The fourth-order valence-electron chi connectivity index (χ4n) is 2.33. The predicted molar refractivity (Wildman–Crippen MR) is 84.3 cm³/mol. The monoisotopic (exact) mass is 295 g/mol. The summed E-state index contributed by atoms with van der Waals surface area (Å²) < 4.78 is 7.83.